The molecular formula is C29H40N4O5. The summed E-state index contributed by atoms with van der Waals surface area (Å²) in [5, 5.41) is 6.41. The van der Waals surface area contributed by atoms with Crippen LogP contribution in [0.4, 0.5) is 5.69 Å². The second kappa shape index (κ2) is 12.5. The van der Waals surface area contributed by atoms with Crippen molar-refractivity contribution in [3.05, 3.63) is 45.6 Å². The molecule has 2 aromatic rings. The number of likely N-dealkylation sites (N-methyl/N-ethyl adjacent to an activating group) is 1. The van der Waals surface area contributed by atoms with Gasteiger partial charge in [-0.25, -0.2) is 0 Å². The predicted octanol–water partition coefficient (Wildman–Crippen LogP) is 2.91. The Morgan fingerprint density at radius 3 is 2.42 bits per heavy atom. The van der Waals surface area contributed by atoms with Crippen LogP contribution in [0.3, 0.4) is 0 Å². The Bertz CT molecular complexity index is 1210. The van der Waals surface area contributed by atoms with Gasteiger partial charge in [0.2, 0.25) is 17.1 Å². The van der Waals surface area contributed by atoms with E-state index in [9.17, 15) is 9.59 Å². The Balaban J connectivity index is 1.69. The molecule has 9 nitrogen and oxygen atoms in total. The summed E-state index contributed by atoms with van der Waals surface area (Å²) in [4.78, 5) is 30.3. The summed E-state index contributed by atoms with van der Waals surface area (Å²) in [5.41, 5.74) is 3.89. The van der Waals surface area contributed by atoms with Crippen LogP contribution in [-0.4, -0.2) is 83.4 Å². The molecule has 1 aliphatic heterocycles. The zero-order valence-corrected chi connectivity index (χ0v) is 23.2. The molecule has 0 bridgehead atoms. The van der Waals surface area contributed by atoms with E-state index in [4.69, 9.17) is 14.2 Å². The van der Waals surface area contributed by atoms with Gasteiger partial charge in [-0.3, -0.25) is 9.59 Å². The van der Waals surface area contributed by atoms with Gasteiger partial charge in [-0.05, 0) is 67.7 Å². The summed E-state index contributed by atoms with van der Waals surface area (Å²) >= 11 is 0. The van der Waals surface area contributed by atoms with Crippen molar-refractivity contribution in [1.29, 1.82) is 0 Å². The van der Waals surface area contributed by atoms with Crippen molar-refractivity contribution in [2.45, 2.75) is 32.2 Å². The maximum atomic E-state index is 13.4. The summed E-state index contributed by atoms with van der Waals surface area (Å²) in [6.07, 6.45) is 2.25. The molecule has 206 valence electrons. The van der Waals surface area contributed by atoms with Crippen molar-refractivity contribution in [2.24, 2.45) is 0 Å². The van der Waals surface area contributed by atoms with Crippen molar-refractivity contribution in [2.75, 3.05) is 73.0 Å². The standard InChI is InChI=1S/C29H40N4O5/c1-19(34)31-23-9-7-20-17-26(36-3)28(37-4)29(38-5)27(20)21-8-10-24(25(35)18-22(21)23)30-11-6-12-33-15-13-32(2)14-16-33/h8,10,17-18,23H,6-7,9,11-16H2,1-5H3,(H,30,35)(H,31,34). The van der Waals surface area contributed by atoms with Gasteiger partial charge in [-0.1, -0.05) is 6.07 Å². The number of nitrogens with zero attached hydrogens (tertiary/aromatic N) is 2. The first-order chi connectivity index (χ1) is 18.4. The Morgan fingerprint density at radius 1 is 1.03 bits per heavy atom. The largest absolute Gasteiger partial charge is 0.493 e. The number of hydrogen-bond donors (Lipinski definition) is 2. The highest BCUT2D eigenvalue weighted by atomic mass is 16.5. The lowest BCUT2D eigenvalue weighted by molar-refractivity contribution is -0.119. The fraction of sp³-hybridized carbons (Fsp3) is 0.517. The number of piperazine rings is 1. The number of ether oxygens (including phenoxy) is 3. The van der Waals surface area contributed by atoms with E-state index >= 15 is 0 Å². The highest BCUT2D eigenvalue weighted by Crippen LogP contribution is 2.50. The molecule has 2 aromatic carbocycles. The number of rotatable bonds is 9. The third-order valence-corrected chi connectivity index (χ3v) is 7.48. The molecule has 0 radical (unpaired) electrons. The van der Waals surface area contributed by atoms with Crippen molar-refractivity contribution < 1.29 is 19.0 Å². The predicted molar refractivity (Wildman–Crippen MR) is 150 cm³/mol. The molecule has 1 amide bonds. The average molecular weight is 525 g/mol. The molecule has 0 spiro atoms. The smallest absolute Gasteiger partial charge is 0.217 e. The molecule has 0 aromatic heterocycles. The summed E-state index contributed by atoms with van der Waals surface area (Å²) in [7, 11) is 6.93. The Morgan fingerprint density at radius 2 is 1.76 bits per heavy atom. The molecule has 9 heteroatoms. The van der Waals surface area contributed by atoms with E-state index in [1.807, 2.05) is 18.2 Å². The minimum Gasteiger partial charge on any atom is -0.493 e. The van der Waals surface area contributed by atoms with Gasteiger partial charge in [0.1, 0.15) is 0 Å². The molecule has 2 N–H and O–H groups in total. The van der Waals surface area contributed by atoms with Crippen LogP contribution in [0.1, 0.15) is 36.9 Å². The number of amides is 1. The molecule has 1 atom stereocenters. The van der Waals surface area contributed by atoms with E-state index in [2.05, 4.69) is 27.5 Å². The molecule has 38 heavy (non-hydrogen) atoms. The molecule has 1 heterocycles. The number of nitrogens with one attached hydrogen (secondary N) is 2. The number of carbonyl (C=O) groups is 1. The SMILES string of the molecule is COc1cc2c(c(OC)c1OC)-c1ccc(NCCCN3CCN(C)CC3)c(=O)cc1C(NC(C)=O)CC2. The molecule has 4 rings (SSSR count). The van der Waals surface area contributed by atoms with Crippen molar-refractivity contribution >= 4 is 11.6 Å². The summed E-state index contributed by atoms with van der Waals surface area (Å²) < 4.78 is 17.1. The zero-order chi connectivity index (χ0) is 27.2. The van der Waals surface area contributed by atoms with Crippen LogP contribution in [0.25, 0.3) is 11.1 Å². The fourth-order valence-electron chi connectivity index (χ4n) is 5.45. The van der Waals surface area contributed by atoms with E-state index in [0.29, 0.717) is 42.3 Å². The molecule has 1 saturated heterocycles. The molecular weight excluding hydrogens is 484 g/mol. The molecule has 1 unspecified atom stereocenters. The average Bonchev–Trinajstić information content (AvgIpc) is 3.15. The Hall–Kier alpha value is -3.30. The molecule has 0 saturated carbocycles. The number of fused-ring (bicyclic) bond motifs is 3. The molecule has 1 aliphatic carbocycles. The minimum atomic E-state index is -0.318. The monoisotopic (exact) mass is 524 g/mol. The summed E-state index contributed by atoms with van der Waals surface area (Å²) in [5.74, 6) is 1.48. The molecule has 2 aliphatic rings. The van der Waals surface area contributed by atoms with Crippen LogP contribution in [0.2, 0.25) is 0 Å². The van der Waals surface area contributed by atoms with Gasteiger partial charge < -0.3 is 34.6 Å². The zero-order valence-electron chi connectivity index (χ0n) is 23.2. The molecule has 1 fully saturated rings. The third kappa shape index (κ3) is 6.05. The normalized spacial score (nSPS) is 17.6. The topological polar surface area (TPSA) is 92.4 Å². The Labute approximate surface area is 225 Å². The minimum absolute atomic E-state index is 0.107. The lowest BCUT2D eigenvalue weighted by atomic mass is 9.95. The van der Waals surface area contributed by atoms with E-state index in [1.54, 1.807) is 27.4 Å². The second-order valence-electron chi connectivity index (χ2n) is 10.0. The van der Waals surface area contributed by atoms with Gasteiger partial charge >= 0.3 is 0 Å². The van der Waals surface area contributed by atoms with Crippen LogP contribution in [0.15, 0.2) is 29.1 Å². The fourth-order valence-corrected chi connectivity index (χ4v) is 5.45. The van der Waals surface area contributed by atoms with E-state index in [1.165, 1.54) is 6.92 Å². The van der Waals surface area contributed by atoms with Crippen LogP contribution in [-0.2, 0) is 11.2 Å². The first-order valence-corrected chi connectivity index (χ1v) is 13.3. The van der Waals surface area contributed by atoms with Gasteiger partial charge in [0.25, 0.3) is 0 Å². The van der Waals surface area contributed by atoms with E-state index in [-0.39, 0.29) is 17.4 Å². The van der Waals surface area contributed by atoms with Gasteiger partial charge in [0.15, 0.2) is 11.5 Å². The maximum Gasteiger partial charge on any atom is 0.217 e. The lowest BCUT2D eigenvalue weighted by Crippen LogP contribution is -2.44. The first-order valence-electron chi connectivity index (χ1n) is 13.3. The van der Waals surface area contributed by atoms with Crippen LogP contribution >= 0.6 is 0 Å². The highest BCUT2D eigenvalue weighted by Gasteiger charge is 2.29. The number of aryl methyl sites for hydroxylation is 1. The summed E-state index contributed by atoms with van der Waals surface area (Å²) in [6, 6.07) is 7.09. The highest BCUT2D eigenvalue weighted by molar-refractivity contribution is 5.83. The second-order valence-corrected chi connectivity index (χ2v) is 10.0. The van der Waals surface area contributed by atoms with Crippen LogP contribution in [0.5, 0.6) is 17.2 Å². The van der Waals surface area contributed by atoms with Crippen LogP contribution in [0, 0.1) is 0 Å². The number of hydrogen-bond acceptors (Lipinski definition) is 8. The van der Waals surface area contributed by atoms with Gasteiger partial charge in [0.05, 0.1) is 33.1 Å². The van der Waals surface area contributed by atoms with E-state index < -0.39 is 0 Å². The first kappa shape index (κ1) is 27.7. The number of carbonyl (C=O) groups excluding carboxylic acids is 1. The quantitative estimate of drug-likeness (QED) is 0.484. The van der Waals surface area contributed by atoms with Gasteiger partial charge in [-0.15, -0.1) is 0 Å². The summed E-state index contributed by atoms with van der Waals surface area (Å²) in [6.45, 7) is 7.55. The van der Waals surface area contributed by atoms with Crippen molar-refractivity contribution in [3.8, 4) is 28.4 Å². The number of methoxy groups -OCH3 is 3. The van der Waals surface area contributed by atoms with E-state index in [0.717, 1.165) is 61.4 Å². The van der Waals surface area contributed by atoms with Crippen LogP contribution < -0.4 is 30.3 Å². The number of benzene rings is 1. The Kier molecular flexibility index (Phi) is 9.12. The number of anilines is 1. The van der Waals surface area contributed by atoms with Gasteiger partial charge in [0, 0.05) is 45.2 Å². The van der Waals surface area contributed by atoms with Crippen molar-refractivity contribution in [1.82, 2.24) is 15.1 Å². The van der Waals surface area contributed by atoms with Crippen molar-refractivity contribution in [3.63, 3.8) is 0 Å². The van der Waals surface area contributed by atoms with Gasteiger partial charge in [-0.2, -0.15) is 0 Å². The third-order valence-electron chi connectivity index (χ3n) is 7.48. The maximum absolute atomic E-state index is 13.4. The lowest BCUT2D eigenvalue weighted by Gasteiger charge is -2.32.